The van der Waals surface area contributed by atoms with Crippen molar-refractivity contribution < 1.29 is 34.3 Å². The number of nitrogens with zero attached hydrogens (tertiary/aromatic N) is 6. The van der Waals surface area contributed by atoms with E-state index >= 15 is 0 Å². The van der Waals surface area contributed by atoms with Gasteiger partial charge in [0.1, 0.15) is 19.0 Å². The molecule has 274 valence electrons. The Morgan fingerprint density at radius 1 is 0.962 bits per heavy atom. The number of esters is 1. The summed E-state index contributed by atoms with van der Waals surface area (Å²) in [6.45, 7) is 2.22. The minimum Gasteiger partial charge on any atom is -0.463 e. The number of H-pyrrole nitrogens is 1. The van der Waals surface area contributed by atoms with E-state index in [4.69, 9.17) is 31.5 Å². The summed E-state index contributed by atoms with van der Waals surface area (Å²) in [7, 11) is 0. The number of amides is 1. The number of unbranched alkanes of at least 4 members (excludes halogenated alkanes) is 1. The molecule has 3 aromatic carbocycles. The Morgan fingerprint density at radius 3 is 2.42 bits per heavy atom. The summed E-state index contributed by atoms with van der Waals surface area (Å²) in [4.78, 5) is 34.5. The first-order chi connectivity index (χ1) is 25.3. The van der Waals surface area contributed by atoms with Gasteiger partial charge >= 0.3 is 12.1 Å². The lowest BCUT2D eigenvalue weighted by Gasteiger charge is -2.19. The van der Waals surface area contributed by atoms with E-state index in [1.54, 1.807) is 0 Å². The molecule has 5 rings (SSSR count). The van der Waals surface area contributed by atoms with Gasteiger partial charge in [0.15, 0.2) is 5.15 Å². The lowest BCUT2D eigenvalue weighted by molar-refractivity contribution is -0.492. The molecule has 0 unspecified atom stereocenters. The molecule has 1 atom stereocenters. The molecule has 0 spiro atoms. The molecule has 0 saturated carbocycles. The first kappa shape index (κ1) is 38.1. The zero-order valence-corrected chi connectivity index (χ0v) is 29.4. The van der Waals surface area contributed by atoms with Crippen LogP contribution in [0.25, 0.3) is 22.5 Å². The van der Waals surface area contributed by atoms with Gasteiger partial charge in [-0.2, -0.15) is 5.21 Å². The van der Waals surface area contributed by atoms with Gasteiger partial charge in [0.05, 0.1) is 23.7 Å². The number of carbonyl (C=O) groups excluding carboxylic acids is 2. The van der Waals surface area contributed by atoms with E-state index in [9.17, 15) is 9.59 Å². The van der Waals surface area contributed by atoms with E-state index in [1.165, 1.54) is 0 Å². The fourth-order valence-electron chi connectivity index (χ4n) is 5.55. The number of aromatic nitrogens is 6. The topological polar surface area (TPSA) is 190 Å². The molecule has 0 aliphatic carbocycles. The lowest BCUT2D eigenvalue weighted by Crippen LogP contribution is -2.40. The van der Waals surface area contributed by atoms with Gasteiger partial charge in [-0.15, -0.1) is 10.2 Å². The van der Waals surface area contributed by atoms with Crippen LogP contribution in [0.4, 0.5) is 4.79 Å². The number of hydrogen-bond acceptors (Lipinski definition) is 12. The second kappa shape index (κ2) is 19.4. The van der Waals surface area contributed by atoms with Gasteiger partial charge in [-0.25, -0.2) is 9.78 Å². The number of halogens is 1. The predicted molar refractivity (Wildman–Crippen MR) is 189 cm³/mol. The number of ether oxygens (including phenoxy) is 2. The molecule has 5 aromatic rings. The normalized spacial score (nSPS) is 11.8. The maximum absolute atomic E-state index is 13.2. The summed E-state index contributed by atoms with van der Waals surface area (Å²) in [5.41, 5.74) is 5.31. The minimum absolute atomic E-state index is 0.0184. The quantitative estimate of drug-likeness (QED) is 0.0444. The SMILES string of the molecule is CCCCc1nc(Cl)c(COC(=O)N[C@H](COC(=O)CCCON(O)O)Cc2ccccc2)n1Cc1ccc(-c2ccccc2-c2nn[nH]n2)cc1. The first-order valence-electron chi connectivity index (χ1n) is 16.9. The lowest BCUT2D eigenvalue weighted by atomic mass is 9.98. The first-order valence-corrected chi connectivity index (χ1v) is 17.3. The average Bonchev–Trinajstić information content (AvgIpc) is 3.79. The van der Waals surface area contributed by atoms with Crippen LogP contribution in [0.3, 0.4) is 0 Å². The number of hydrogen-bond donors (Lipinski definition) is 4. The van der Waals surface area contributed by atoms with Crippen molar-refractivity contribution >= 4 is 23.7 Å². The molecule has 0 saturated heterocycles. The number of benzene rings is 3. The van der Waals surface area contributed by atoms with Crippen molar-refractivity contribution in [3.05, 3.63) is 107 Å². The number of alkyl carbamates (subject to hydrolysis) is 1. The molecule has 52 heavy (non-hydrogen) atoms. The smallest absolute Gasteiger partial charge is 0.407 e. The summed E-state index contributed by atoms with van der Waals surface area (Å²) in [5.74, 6) is 0.775. The fourth-order valence-corrected chi connectivity index (χ4v) is 5.81. The van der Waals surface area contributed by atoms with E-state index in [-0.39, 0.29) is 37.8 Å². The number of tetrazole rings is 1. The highest BCUT2D eigenvalue weighted by atomic mass is 35.5. The molecule has 4 N–H and O–H groups in total. The average molecular weight is 733 g/mol. The zero-order chi connectivity index (χ0) is 36.7. The molecule has 15 nitrogen and oxygen atoms in total. The maximum Gasteiger partial charge on any atom is 0.407 e. The fraction of sp³-hybridized carbons (Fsp3) is 0.333. The zero-order valence-electron chi connectivity index (χ0n) is 28.7. The van der Waals surface area contributed by atoms with Gasteiger partial charge < -0.3 is 19.4 Å². The van der Waals surface area contributed by atoms with Gasteiger partial charge in [0.2, 0.25) is 5.82 Å². The summed E-state index contributed by atoms with van der Waals surface area (Å²) in [5, 5.41) is 34.4. The Labute approximate surface area is 305 Å². The van der Waals surface area contributed by atoms with Gasteiger partial charge in [-0.3, -0.25) is 20.0 Å². The van der Waals surface area contributed by atoms with E-state index in [2.05, 4.69) is 42.7 Å². The number of imidazole rings is 1. The molecule has 0 radical (unpaired) electrons. The number of carbonyl (C=O) groups is 2. The van der Waals surface area contributed by atoms with E-state index in [0.717, 1.165) is 46.5 Å². The molecule has 0 aliphatic rings. The van der Waals surface area contributed by atoms with Crippen LogP contribution in [0.1, 0.15) is 55.3 Å². The largest absolute Gasteiger partial charge is 0.463 e. The second-order valence-corrected chi connectivity index (χ2v) is 12.3. The van der Waals surface area contributed by atoms with Crippen LogP contribution in [0.5, 0.6) is 0 Å². The van der Waals surface area contributed by atoms with Crippen LogP contribution in [-0.2, 0) is 45.1 Å². The number of rotatable bonds is 19. The summed E-state index contributed by atoms with van der Waals surface area (Å²) in [6.07, 6.45) is 2.44. The Bertz CT molecular complexity index is 1850. The molecule has 2 aromatic heterocycles. The highest BCUT2D eigenvalue weighted by Crippen LogP contribution is 2.30. The highest BCUT2D eigenvalue weighted by molar-refractivity contribution is 6.30. The molecular weight excluding hydrogens is 692 g/mol. The summed E-state index contributed by atoms with van der Waals surface area (Å²) in [6, 6.07) is 24.9. The van der Waals surface area contributed by atoms with Crippen molar-refractivity contribution in [3.8, 4) is 22.5 Å². The van der Waals surface area contributed by atoms with Crippen molar-refractivity contribution in [2.45, 2.75) is 64.6 Å². The molecule has 16 heteroatoms. The van der Waals surface area contributed by atoms with E-state index < -0.39 is 23.5 Å². The van der Waals surface area contributed by atoms with Crippen molar-refractivity contribution in [1.29, 1.82) is 0 Å². The van der Waals surface area contributed by atoms with Gasteiger partial charge in [-0.05, 0) is 46.7 Å². The Kier molecular flexibility index (Phi) is 14.2. The predicted octanol–water partition coefficient (Wildman–Crippen LogP) is 5.95. The van der Waals surface area contributed by atoms with Crippen LogP contribution in [0.15, 0.2) is 78.9 Å². The van der Waals surface area contributed by atoms with Crippen molar-refractivity contribution in [2.75, 3.05) is 13.2 Å². The number of aromatic amines is 1. The van der Waals surface area contributed by atoms with E-state index in [0.29, 0.717) is 30.9 Å². The summed E-state index contributed by atoms with van der Waals surface area (Å²) >= 11 is 6.66. The molecule has 0 bridgehead atoms. The highest BCUT2D eigenvalue weighted by Gasteiger charge is 2.21. The maximum atomic E-state index is 13.2. The molecule has 2 heterocycles. The summed E-state index contributed by atoms with van der Waals surface area (Å²) < 4.78 is 13.1. The second-order valence-electron chi connectivity index (χ2n) is 11.9. The van der Waals surface area contributed by atoms with Crippen LogP contribution >= 0.6 is 11.6 Å². The Hall–Kier alpha value is -5.19. The van der Waals surface area contributed by atoms with E-state index in [1.807, 2.05) is 83.4 Å². The van der Waals surface area contributed by atoms with Crippen molar-refractivity contribution in [3.63, 3.8) is 0 Å². The third-order valence-corrected chi connectivity index (χ3v) is 8.44. The Balaban J connectivity index is 1.25. The minimum atomic E-state index is -0.708. The van der Waals surface area contributed by atoms with Gasteiger partial charge in [0.25, 0.3) is 0 Å². The monoisotopic (exact) mass is 732 g/mol. The van der Waals surface area contributed by atoms with Gasteiger partial charge in [0, 0.05) is 24.9 Å². The van der Waals surface area contributed by atoms with Crippen LogP contribution in [0.2, 0.25) is 5.15 Å². The Morgan fingerprint density at radius 2 is 1.71 bits per heavy atom. The van der Waals surface area contributed by atoms with Gasteiger partial charge in [-0.1, -0.05) is 104 Å². The molecule has 1 amide bonds. The third kappa shape index (κ3) is 11.2. The molecular formula is C36H41ClN8O7. The van der Waals surface area contributed by atoms with Crippen LogP contribution < -0.4 is 5.32 Å². The van der Waals surface area contributed by atoms with Crippen LogP contribution in [0, 0.1) is 0 Å². The molecule has 0 aliphatic heterocycles. The molecule has 0 fully saturated rings. The van der Waals surface area contributed by atoms with Crippen molar-refractivity contribution in [2.24, 2.45) is 0 Å². The number of aryl methyl sites for hydroxylation is 1. The number of nitrogens with one attached hydrogen (secondary N) is 2. The third-order valence-electron chi connectivity index (χ3n) is 8.14. The van der Waals surface area contributed by atoms with Crippen LogP contribution in [-0.4, -0.2) is 77.3 Å². The van der Waals surface area contributed by atoms with Crippen molar-refractivity contribution in [1.82, 2.24) is 40.9 Å². The standard InChI is InChI=1S/C36H41ClN8O7/c1-2-3-14-32-39-34(37)31(44(32)22-26-16-18-27(19-17-26)29-12-7-8-13-30(29)35-40-42-43-41-35)24-51-36(47)38-28(21-25-10-5-4-6-11-25)23-50-33(46)15-9-20-52-45(48)49/h4-8,10-13,16-19,28,48-49H,2-3,9,14-15,20-24H2,1H3,(H,38,47)(H,40,41,42,43)/t28-/m0/s1.